The van der Waals surface area contributed by atoms with E-state index in [9.17, 15) is 14.5 Å². The summed E-state index contributed by atoms with van der Waals surface area (Å²) in [4.78, 5) is 12.7. The van der Waals surface area contributed by atoms with Gasteiger partial charge >= 0.3 is 0 Å². The van der Waals surface area contributed by atoms with Gasteiger partial charge in [-0.1, -0.05) is 0 Å². The minimum absolute atomic E-state index is 0.205. The Balaban J connectivity index is 1.96. The summed E-state index contributed by atoms with van der Waals surface area (Å²) in [5, 5.41) is 14.0. The molecule has 1 aliphatic rings. The lowest BCUT2D eigenvalue weighted by Crippen LogP contribution is -2.29. The van der Waals surface area contributed by atoms with Crippen molar-refractivity contribution in [3.8, 4) is 0 Å². The smallest absolute Gasteiger partial charge is 0.295 e. The molecule has 1 unspecified atom stereocenters. The molecule has 1 heterocycles. The predicted octanol–water partition coefficient (Wildman–Crippen LogP) is 2.88. The molecule has 1 aliphatic heterocycles. The van der Waals surface area contributed by atoms with Crippen LogP contribution in [-0.2, 0) is 0 Å². The van der Waals surface area contributed by atoms with E-state index in [1.54, 1.807) is 0 Å². The summed E-state index contributed by atoms with van der Waals surface area (Å²) in [7, 11) is 0. The first kappa shape index (κ1) is 14.7. The SMILES string of the molecule is CC(C)N1CCC(CNc2ccc(F)cc2[N+](=O)[O-])C1. The van der Waals surface area contributed by atoms with Crippen molar-refractivity contribution in [2.75, 3.05) is 25.0 Å². The number of hydrogen-bond donors (Lipinski definition) is 1. The monoisotopic (exact) mass is 281 g/mol. The second kappa shape index (κ2) is 6.17. The van der Waals surface area contributed by atoms with Crippen molar-refractivity contribution in [1.82, 2.24) is 4.90 Å². The lowest BCUT2D eigenvalue weighted by molar-refractivity contribution is -0.384. The van der Waals surface area contributed by atoms with Crippen molar-refractivity contribution in [2.45, 2.75) is 26.3 Å². The van der Waals surface area contributed by atoms with E-state index in [4.69, 9.17) is 0 Å². The highest BCUT2D eigenvalue weighted by Gasteiger charge is 2.24. The molecule has 0 spiro atoms. The molecule has 6 heteroatoms. The number of nitro groups is 1. The van der Waals surface area contributed by atoms with Gasteiger partial charge in [0.15, 0.2) is 0 Å². The molecular weight excluding hydrogens is 261 g/mol. The number of hydrogen-bond acceptors (Lipinski definition) is 4. The summed E-state index contributed by atoms with van der Waals surface area (Å²) < 4.78 is 13.0. The Bertz CT molecular complexity index is 493. The van der Waals surface area contributed by atoms with Gasteiger partial charge in [-0.3, -0.25) is 10.1 Å². The van der Waals surface area contributed by atoms with Gasteiger partial charge < -0.3 is 10.2 Å². The zero-order valence-electron chi connectivity index (χ0n) is 11.8. The molecule has 110 valence electrons. The maximum Gasteiger partial charge on any atom is 0.295 e. The second-order valence-electron chi connectivity index (χ2n) is 5.54. The minimum Gasteiger partial charge on any atom is -0.379 e. The van der Waals surface area contributed by atoms with Crippen LogP contribution in [-0.4, -0.2) is 35.5 Å². The molecule has 0 amide bonds. The fraction of sp³-hybridized carbons (Fsp3) is 0.571. The molecule has 1 fully saturated rings. The lowest BCUT2D eigenvalue weighted by Gasteiger charge is -2.20. The van der Waals surface area contributed by atoms with Crippen LogP contribution in [0, 0.1) is 21.8 Å². The van der Waals surface area contributed by atoms with Crippen molar-refractivity contribution in [2.24, 2.45) is 5.92 Å². The molecule has 1 saturated heterocycles. The number of anilines is 1. The number of benzene rings is 1. The zero-order chi connectivity index (χ0) is 14.7. The van der Waals surface area contributed by atoms with Gasteiger partial charge in [0.1, 0.15) is 11.5 Å². The van der Waals surface area contributed by atoms with Gasteiger partial charge in [-0.15, -0.1) is 0 Å². The third kappa shape index (κ3) is 3.45. The summed E-state index contributed by atoms with van der Waals surface area (Å²) in [6.07, 6.45) is 1.08. The van der Waals surface area contributed by atoms with Crippen molar-refractivity contribution in [1.29, 1.82) is 0 Å². The maximum atomic E-state index is 13.0. The molecule has 0 radical (unpaired) electrons. The highest BCUT2D eigenvalue weighted by atomic mass is 19.1. The standard InChI is InChI=1S/C14H20FN3O2/c1-10(2)17-6-5-11(9-17)8-16-13-4-3-12(15)7-14(13)18(19)20/h3-4,7,10-11,16H,5-6,8-9H2,1-2H3. The van der Waals surface area contributed by atoms with Crippen LogP contribution in [0.2, 0.25) is 0 Å². The van der Waals surface area contributed by atoms with Crippen LogP contribution in [0.15, 0.2) is 18.2 Å². The van der Waals surface area contributed by atoms with Crippen LogP contribution in [0.3, 0.4) is 0 Å². The lowest BCUT2D eigenvalue weighted by atomic mass is 10.1. The Morgan fingerprint density at radius 3 is 2.90 bits per heavy atom. The van der Waals surface area contributed by atoms with Gasteiger partial charge in [0.05, 0.1) is 11.0 Å². The van der Waals surface area contributed by atoms with E-state index in [0.717, 1.165) is 25.6 Å². The average Bonchev–Trinajstić information content (AvgIpc) is 2.86. The van der Waals surface area contributed by atoms with Gasteiger partial charge in [-0.25, -0.2) is 4.39 Å². The number of nitrogens with zero attached hydrogens (tertiary/aromatic N) is 2. The van der Waals surface area contributed by atoms with Crippen molar-refractivity contribution < 1.29 is 9.31 Å². The molecule has 1 atom stereocenters. The Morgan fingerprint density at radius 1 is 1.55 bits per heavy atom. The molecule has 0 bridgehead atoms. The van der Waals surface area contributed by atoms with Crippen LogP contribution in [0.1, 0.15) is 20.3 Å². The molecule has 0 aromatic heterocycles. The molecule has 1 aromatic rings. The minimum atomic E-state index is -0.589. The molecule has 0 aliphatic carbocycles. The van der Waals surface area contributed by atoms with Crippen molar-refractivity contribution in [3.63, 3.8) is 0 Å². The first-order valence-corrected chi connectivity index (χ1v) is 6.89. The van der Waals surface area contributed by atoms with E-state index in [1.165, 1.54) is 12.1 Å². The average molecular weight is 281 g/mol. The molecule has 2 rings (SSSR count). The van der Waals surface area contributed by atoms with Gasteiger partial charge in [-0.05, 0) is 44.9 Å². The molecule has 0 saturated carbocycles. The van der Waals surface area contributed by atoms with Crippen molar-refractivity contribution >= 4 is 11.4 Å². The van der Waals surface area contributed by atoms with E-state index in [-0.39, 0.29) is 5.69 Å². The fourth-order valence-corrected chi connectivity index (χ4v) is 2.56. The number of likely N-dealkylation sites (tertiary alicyclic amines) is 1. The topological polar surface area (TPSA) is 58.4 Å². The van der Waals surface area contributed by atoms with E-state index in [0.29, 0.717) is 24.2 Å². The maximum absolute atomic E-state index is 13.0. The van der Waals surface area contributed by atoms with Gasteiger partial charge in [-0.2, -0.15) is 0 Å². The number of halogens is 1. The van der Waals surface area contributed by atoms with E-state index in [2.05, 4.69) is 24.1 Å². The van der Waals surface area contributed by atoms with E-state index in [1.807, 2.05) is 0 Å². The van der Waals surface area contributed by atoms with Crippen LogP contribution in [0.4, 0.5) is 15.8 Å². The van der Waals surface area contributed by atoms with Crippen molar-refractivity contribution in [3.05, 3.63) is 34.1 Å². The zero-order valence-corrected chi connectivity index (χ0v) is 11.8. The van der Waals surface area contributed by atoms with Crippen LogP contribution in [0.5, 0.6) is 0 Å². The van der Waals surface area contributed by atoms with Crippen LogP contribution >= 0.6 is 0 Å². The number of rotatable bonds is 5. The molecule has 5 nitrogen and oxygen atoms in total. The summed E-state index contributed by atoms with van der Waals surface area (Å²) in [6, 6.07) is 4.16. The highest BCUT2D eigenvalue weighted by molar-refractivity contribution is 5.61. The first-order valence-electron chi connectivity index (χ1n) is 6.89. The number of nitrogens with one attached hydrogen (secondary N) is 1. The number of nitro benzene ring substituents is 1. The largest absolute Gasteiger partial charge is 0.379 e. The first-order chi connectivity index (χ1) is 9.47. The molecule has 1 aromatic carbocycles. The fourth-order valence-electron chi connectivity index (χ4n) is 2.56. The van der Waals surface area contributed by atoms with Crippen LogP contribution in [0.25, 0.3) is 0 Å². The molecular formula is C14H20FN3O2. The summed E-state index contributed by atoms with van der Waals surface area (Å²) >= 11 is 0. The third-order valence-electron chi connectivity index (χ3n) is 3.79. The Hall–Kier alpha value is -1.69. The van der Waals surface area contributed by atoms with Gasteiger partial charge in [0.2, 0.25) is 0 Å². The van der Waals surface area contributed by atoms with Crippen LogP contribution < -0.4 is 5.32 Å². The second-order valence-corrected chi connectivity index (χ2v) is 5.54. The van der Waals surface area contributed by atoms with E-state index < -0.39 is 10.7 Å². The third-order valence-corrected chi connectivity index (χ3v) is 3.79. The Kier molecular flexibility index (Phi) is 4.54. The summed E-state index contributed by atoms with van der Waals surface area (Å²) in [5.74, 6) is -0.115. The molecule has 1 N–H and O–H groups in total. The molecule has 20 heavy (non-hydrogen) atoms. The quantitative estimate of drug-likeness (QED) is 0.666. The Labute approximate surface area is 117 Å². The summed E-state index contributed by atoms with van der Waals surface area (Å²) in [6.45, 7) is 7.08. The van der Waals surface area contributed by atoms with E-state index >= 15 is 0 Å². The van der Waals surface area contributed by atoms with Gasteiger partial charge in [0.25, 0.3) is 5.69 Å². The normalized spacial score (nSPS) is 19.5. The Morgan fingerprint density at radius 2 is 2.30 bits per heavy atom. The highest BCUT2D eigenvalue weighted by Crippen LogP contribution is 2.26. The summed E-state index contributed by atoms with van der Waals surface area (Å²) in [5.41, 5.74) is 0.183. The van der Waals surface area contributed by atoms with Gasteiger partial charge in [0, 0.05) is 19.1 Å². The predicted molar refractivity (Wildman–Crippen MR) is 76.4 cm³/mol.